The first-order chi connectivity index (χ1) is 16.4. The number of amides is 1. The first kappa shape index (κ1) is 25.2. The first-order valence-corrected chi connectivity index (χ1v) is 12.7. The Morgan fingerprint density at radius 1 is 1.06 bits per heavy atom. The van der Waals surface area contributed by atoms with E-state index in [-0.39, 0.29) is 29.8 Å². The van der Waals surface area contributed by atoms with Crippen LogP contribution in [0.2, 0.25) is 0 Å². The number of ether oxygens (including phenoxy) is 1. The highest BCUT2D eigenvalue weighted by atomic mass is 32.2. The number of nitrogens with zero attached hydrogens (tertiary/aromatic N) is 2. The number of methoxy groups -OCH3 is 1. The number of rotatable bonds is 11. The van der Waals surface area contributed by atoms with Crippen LogP contribution in [-0.4, -0.2) is 39.5 Å². The monoisotopic (exact) mass is 481 g/mol. The van der Waals surface area contributed by atoms with Crippen LogP contribution in [0.25, 0.3) is 0 Å². The van der Waals surface area contributed by atoms with Gasteiger partial charge in [0, 0.05) is 19.0 Å². The standard InChI is InChI=1S/C26H31N3O4S/c1-4-21(22-11-6-5-7-12-22)18-25(30)27-16-17-29(23-14-15-26(33-3)28-19-23)34(31,32)24-13-9-8-10-20(24)2/h5-15,19,21H,4,16-18H2,1-3H3,(H,27,30). The molecule has 1 aromatic heterocycles. The highest BCUT2D eigenvalue weighted by Gasteiger charge is 2.27. The summed E-state index contributed by atoms with van der Waals surface area (Å²) in [4.78, 5) is 17.0. The maximum Gasteiger partial charge on any atom is 0.264 e. The molecule has 0 saturated carbocycles. The molecule has 1 unspecified atom stereocenters. The molecule has 0 radical (unpaired) electrons. The van der Waals surface area contributed by atoms with Crippen LogP contribution in [0.5, 0.6) is 5.88 Å². The van der Waals surface area contributed by atoms with Gasteiger partial charge in [-0.15, -0.1) is 0 Å². The van der Waals surface area contributed by atoms with Gasteiger partial charge < -0.3 is 10.1 Å². The number of hydrogen-bond acceptors (Lipinski definition) is 5. The van der Waals surface area contributed by atoms with Crippen LogP contribution in [0.3, 0.4) is 0 Å². The summed E-state index contributed by atoms with van der Waals surface area (Å²) in [6.45, 7) is 4.05. The number of anilines is 1. The van der Waals surface area contributed by atoms with E-state index in [0.29, 0.717) is 23.6 Å². The zero-order valence-electron chi connectivity index (χ0n) is 19.8. The molecule has 1 amide bonds. The van der Waals surface area contributed by atoms with Gasteiger partial charge in [-0.05, 0) is 42.5 Å². The molecular weight excluding hydrogens is 450 g/mol. The Morgan fingerprint density at radius 2 is 1.76 bits per heavy atom. The van der Waals surface area contributed by atoms with Gasteiger partial charge in [-0.25, -0.2) is 13.4 Å². The van der Waals surface area contributed by atoms with E-state index in [9.17, 15) is 13.2 Å². The first-order valence-electron chi connectivity index (χ1n) is 11.3. The maximum absolute atomic E-state index is 13.5. The fraction of sp³-hybridized carbons (Fsp3) is 0.308. The minimum Gasteiger partial charge on any atom is -0.481 e. The van der Waals surface area contributed by atoms with Gasteiger partial charge in [0.05, 0.1) is 30.4 Å². The SMILES string of the molecule is CCC(CC(=O)NCCN(c1ccc(OC)nc1)S(=O)(=O)c1ccccc1C)c1ccccc1. The van der Waals surface area contributed by atoms with Crippen molar-refractivity contribution in [3.8, 4) is 5.88 Å². The number of pyridine rings is 1. The summed E-state index contributed by atoms with van der Waals surface area (Å²) >= 11 is 0. The Balaban J connectivity index is 1.75. The van der Waals surface area contributed by atoms with Crippen LogP contribution in [0, 0.1) is 6.92 Å². The number of hydrogen-bond donors (Lipinski definition) is 1. The van der Waals surface area contributed by atoms with E-state index in [2.05, 4.69) is 17.2 Å². The summed E-state index contributed by atoms with van der Waals surface area (Å²) in [5.41, 5.74) is 2.16. The molecule has 0 spiro atoms. The Labute approximate surface area is 201 Å². The molecule has 1 heterocycles. The molecule has 34 heavy (non-hydrogen) atoms. The highest BCUT2D eigenvalue weighted by molar-refractivity contribution is 7.92. The molecule has 180 valence electrons. The zero-order valence-corrected chi connectivity index (χ0v) is 20.6. The Hall–Kier alpha value is -3.39. The Morgan fingerprint density at radius 3 is 2.38 bits per heavy atom. The van der Waals surface area contributed by atoms with E-state index in [0.717, 1.165) is 12.0 Å². The van der Waals surface area contributed by atoms with Crippen LogP contribution in [0.15, 0.2) is 77.8 Å². The number of aromatic nitrogens is 1. The number of carbonyl (C=O) groups excluding carboxylic acids is 1. The third kappa shape index (κ3) is 6.14. The molecule has 0 aliphatic rings. The summed E-state index contributed by atoms with van der Waals surface area (Å²) in [6, 6.07) is 20.0. The molecule has 3 aromatic rings. The highest BCUT2D eigenvalue weighted by Crippen LogP contribution is 2.26. The smallest absolute Gasteiger partial charge is 0.264 e. The van der Waals surface area contributed by atoms with Crippen LogP contribution >= 0.6 is 0 Å². The molecule has 3 rings (SSSR count). The molecule has 1 atom stereocenters. The van der Waals surface area contributed by atoms with Crippen molar-refractivity contribution in [2.24, 2.45) is 0 Å². The Bertz CT molecular complexity index is 1180. The zero-order chi connectivity index (χ0) is 24.6. The number of nitrogens with one attached hydrogen (secondary N) is 1. The maximum atomic E-state index is 13.5. The molecule has 0 fully saturated rings. The quantitative estimate of drug-likeness (QED) is 0.441. The fourth-order valence-electron chi connectivity index (χ4n) is 3.81. The van der Waals surface area contributed by atoms with Crippen LogP contribution in [0.1, 0.15) is 36.8 Å². The van der Waals surface area contributed by atoms with Gasteiger partial charge in [-0.1, -0.05) is 55.5 Å². The van der Waals surface area contributed by atoms with Gasteiger partial charge in [0.15, 0.2) is 0 Å². The molecule has 8 heteroatoms. The lowest BCUT2D eigenvalue weighted by molar-refractivity contribution is -0.121. The second-order valence-corrected chi connectivity index (χ2v) is 9.80. The van der Waals surface area contributed by atoms with Crippen molar-refractivity contribution in [2.45, 2.75) is 37.5 Å². The molecule has 0 bridgehead atoms. The van der Waals surface area contributed by atoms with E-state index in [1.54, 1.807) is 43.3 Å². The van der Waals surface area contributed by atoms with Crippen molar-refractivity contribution < 1.29 is 17.9 Å². The lowest BCUT2D eigenvalue weighted by atomic mass is 9.93. The molecular formula is C26H31N3O4S. The lowest BCUT2D eigenvalue weighted by Crippen LogP contribution is -2.39. The van der Waals surface area contributed by atoms with Crippen molar-refractivity contribution in [3.05, 3.63) is 84.1 Å². The van der Waals surface area contributed by atoms with Crippen molar-refractivity contribution >= 4 is 21.6 Å². The summed E-state index contributed by atoms with van der Waals surface area (Å²) in [5, 5.41) is 2.89. The van der Waals surface area contributed by atoms with Crippen molar-refractivity contribution in [1.82, 2.24) is 10.3 Å². The van der Waals surface area contributed by atoms with Crippen molar-refractivity contribution in [2.75, 3.05) is 24.5 Å². The summed E-state index contributed by atoms with van der Waals surface area (Å²) < 4.78 is 33.5. The largest absolute Gasteiger partial charge is 0.481 e. The number of sulfonamides is 1. The molecule has 0 aliphatic heterocycles. The van der Waals surface area contributed by atoms with Crippen LogP contribution in [0.4, 0.5) is 5.69 Å². The molecule has 0 saturated heterocycles. The minimum atomic E-state index is -3.87. The van der Waals surface area contributed by atoms with Gasteiger partial charge in [-0.2, -0.15) is 0 Å². The average Bonchev–Trinajstić information content (AvgIpc) is 2.86. The number of aryl methyl sites for hydroxylation is 1. The molecule has 0 aliphatic carbocycles. The molecule has 7 nitrogen and oxygen atoms in total. The van der Waals surface area contributed by atoms with E-state index in [4.69, 9.17) is 4.74 Å². The van der Waals surface area contributed by atoms with E-state index in [1.165, 1.54) is 17.6 Å². The minimum absolute atomic E-state index is 0.0680. The predicted octanol–water partition coefficient (Wildman–Crippen LogP) is 4.29. The number of carbonyl (C=O) groups is 1. The van der Waals surface area contributed by atoms with Gasteiger partial charge >= 0.3 is 0 Å². The van der Waals surface area contributed by atoms with E-state index in [1.807, 2.05) is 30.3 Å². The van der Waals surface area contributed by atoms with Gasteiger partial charge in [0.25, 0.3) is 10.0 Å². The predicted molar refractivity (Wildman–Crippen MR) is 134 cm³/mol. The summed E-state index contributed by atoms with van der Waals surface area (Å²) in [6.07, 6.45) is 2.64. The van der Waals surface area contributed by atoms with E-state index < -0.39 is 10.0 Å². The van der Waals surface area contributed by atoms with Crippen LogP contribution in [-0.2, 0) is 14.8 Å². The second kappa shape index (κ2) is 11.7. The molecule has 2 aromatic carbocycles. The fourth-order valence-corrected chi connectivity index (χ4v) is 5.49. The third-order valence-corrected chi connectivity index (χ3v) is 7.70. The average molecular weight is 482 g/mol. The summed E-state index contributed by atoms with van der Waals surface area (Å²) in [7, 11) is -2.37. The van der Waals surface area contributed by atoms with Gasteiger partial charge in [0.1, 0.15) is 0 Å². The Kier molecular flexibility index (Phi) is 8.65. The molecule has 1 N–H and O–H groups in total. The topological polar surface area (TPSA) is 88.6 Å². The normalized spacial score (nSPS) is 12.1. The van der Waals surface area contributed by atoms with Crippen LogP contribution < -0.4 is 14.4 Å². The van der Waals surface area contributed by atoms with Crippen molar-refractivity contribution in [3.63, 3.8) is 0 Å². The second-order valence-electron chi connectivity index (χ2n) is 7.97. The third-order valence-electron chi connectivity index (χ3n) is 5.71. The van der Waals surface area contributed by atoms with E-state index >= 15 is 0 Å². The number of benzene rings is 2. The van der Waals surface area contributed by atoms with Crippen molar-refractivity contribution in [1.29, 1.82) is 0 Å². The van der Waals surface area contributed by atoms with Gasteiger partial charge in [-0.3, -0.25) is 9.10 Å². The summed E-state index contributed by atoms with van der Waals surface area (Å²) in [5.74, 6) is 0.382. The lowest BCUT2D eigenvalue weighted by Gasteiger charge is -2.25. The van der Waals surface area contributed by atoms with Gasteiger partial charge in [0.2, 0.25) is 11.8 Å².